The molecule has 0 atom stereocenters. The fraction of sp³-hybridized carbons (Fsp3) is 0.200. The Morgan fingerprint density at radius 1 is 1.30 bits per heavy atom. The highest BCUT2D eigenvalue weighted by Gasteiger charge is 2.19. The number of thiophene rings is 1. The van der Waals surface area contributed by atoms with E-state index >= 15 is 0 Å². The summed E-state index contributed by atoms with van der Waals surface area (Å²) in [5, 5.41) is 0.170. The summed E-state index contributed by atoms with van der Waals surface area (Å²) < 4.78 is 29.8. The molecule has 0 amide bonds. The van der Waals surface area contributed by atoms with Crippen molar-refractivity contribution in [1.29, 1.82) is 0 Å². The monoisotopic (exact) mass is 368 g/mol. The van der Waals surface area contributed by atoms with Crippen LogP contribution in [-0.4, -0.2) is 31.8 Å². The minimum absolute atomic E-state index is 0.170. The van der Waals surface area contributed by atoms with Gasteiger partial charge in [-0.2, -0.15) is 0 Å². The zero-order valence-corrected chi connectivity index (χ0v) is 15.0. The lowest BCUT2D eigenvalue weighted by atomic mass is 10.0. The van der Waals surface area contributed by atoms with Gasteiger partial charge in [0, 0.05) is 28.5 Å². The van der Waals surface area contributed by atoms with E-state index < -0.39 is 9.84 Å². The van der Waals surface area contributed by atoms with E-state index in [1.165, 1.54) is 19.4 Å². The number of aromatic nitrogens is 2. The number of hydrogen-bond donors (Lipinski definition) is 0. The predicted molar refractivity (Wildman–Crippen MR) is 92.3 cm³/mol. The lowest BCUT2D eigenvalue weighted by molar-refractivity contribution is 0.415. The molecule has 1 aromatic carbocycles. The van der Waals surface area contributed by atoms with E-state index in [2.05, 4.69) is 9.97 Å². The van der Waals surface area contributed by atoms with Gasteiger partial charge in [0.15, 0.2) is 9.84 Å². The average molecular weight is 369 g/mol. The van der Waals surface area contributed by atoms with Gasteiger partial charge in [0.25, 0.3) is 0 Å². The first-order chi connectivity index (χ1) is 10.8. The largest absolute Gasteiger partial charge is 0.496 e. The first-order valence-corrected chi connectivity index (χ1v) is 9.70. The van der Waals surface area contributed by atoms with E-state index in [0.29, 0.717) is 5.75 Å². The summed E-state index contributed by atoms with van der Waals surface area (Å²) in [5.41, 5.74) is 2.39. The zero-order chi connectivity index (χ0) is 16.8. The van der Waals surface area contributed by atoms with Crippen molar-refractivity contribution in [2.45, 2.75) is 11.8 Å². The molecular formula is C15H13ClN2O3S2. The van der Waals surface area contributed by atoms with E-state index in [1.54, 1.807) is 29.7 Å². The first-order valence-electron chi connectivity index (χ1n) is 6.61. The van der Waals surface area contributed by atoms with E-state index in [4.69, 9.17) is 16.3 Å². The summed E-state index contributed by atoms with van der Waals surface area (Å²) in [6.07, 6.45) is 2.85. The van der Waals surface area contributed by atoms with Crippen LogP contribution in [0.4, 0.5) is 0 Å². The number of rotatable bonds is 3. The second-order valence-corrected chi connectivity index (χ2v) is 8.63. The lowest BCUT2D eigenvalue weighted by Crippen LogP contribution is -1.99. The molecule has 0 aliphatic rings. The van der Waals surface area contributed by atoms with Gasteiger partial charge in [0.2, 0.25) is 5.28 Å². The van der Waals surface area contributed by atoms with Gasteiger partial charge in [-0.25, -0.2) is 18.4 Å². The third kappa shape index (κ3) is 2.91. The standard InChI is InChI=1S/C15H13ClN2O3S2/c1-8-13(14-12(22-8)7-17-15(16)18-14)10-5-4-9(23(3,19)20)6-11(10)21-2/h4-7H,1-3H3. The van der Waals surface area contributed by atoms with Crippen LogP contribution in [0.25, 0.3) is 21.3 Å². The summed E-state index contributed by atoms with van der Waals surface area (Å²) >= 11 is 7.47. The molecule has 0 unspecified atom stereocenters. The van der Waals surface area contributed by atoms with Crippen molar-refractivity contribution in [1.82, 2.24) is 9.97 Å². The van der Waals surface area contributed by atoms with Crippen molar-refractivity contribution in [3.05, 3.63) is 34.6 Å². The number of sulfone groups is 1. The topological polar surface area (TPSA) is 69.2 Å². The highest BCUT2D eigenvalue weighted by atomic mass is 35.5. The number of methoxy groups -OCH3 is 1. The fourth-order valence-electron chi connectivity index (χ4n) is 2.41. The van der Waals surface area contributed by atoms with Gasteiger partial charge >= 0.3 is 0 Å². The van der Waals surface area contributed by atoms with Crippen molar-refractivity contribution in [2.24, 2.45) is 0 Å². The fourth-order valence-corrected chi connectivity index (χ4v) is 4.17. The van der Waals surface area contributed by atoms with Crippen LogP contribution in [0, 0.1) is 6.92 Å². The third-order valence-corrected chi connectivity index (χ3v) is 5.77. The molecule has 0 aliphatic heterocycles. The van der Waals surface area contributed by atoms with Crippen molar-refractivity contribution >= 4 is 43.0 Å². The second-order valence-electron chi connectivity index (χ2n) is 5.02. The number of aryl methyl sites for hydroxylation is 1. The second kappa shape index (κ2) is 5.74. The highest BCUT2D eigenvalue weighted by Crippen LogP contribution is 2.41. The van der Waals surface area contributed by atoms with Crippen molar-refractivity contribution in [3.8, 4) is 16.9 Å². The van der Waals surface area contributed by atoms with Gasteiger partial charge in [0.05, 0.1) is 22.2 Å². The van der Waals surface area contributed by atoms with Crippen LogP contribution in [0.3, 0.4) is 0 Å². The Kier molecular flexibility index (Phi) is 4.03. The van der Waals surface area contributed by atoms with Gasteiger partial charge in [-0.15, -0.1) is 11.3 Å². The van der Waals surface area contributed by atoms with Crippen LogP contribution in [0.1, 0.15) is 4.88 Å². The van der Waals surface area contributed by atoms with Gasteiger partial charge in [-0.1, -0.05) is 0 Å². The zero-order valence-electron chi connectivity index (χ0n) is 12.6. The number of halogens is 1. The van der Waals surface area contributed by atoms with Gasteiger partial charge < -0.3 is 4.74 Å². The Morgan fingerprint density at radius 2 is 2.04 bits per heavy atom. The molecule has 2 aromatic heterocycles. The summed E-state index contributed by atoms with van der Waals surface area (Å²) in [5.74, 6) is 0.477. The normalized spacial score (nSPS) is 11.8. The van der Waals surface area contributed by atoms with Crippen LogP contribution in [0.5, 0.6) is 5.75 Å². The van der Waals surface area contributed by atoms with Crippen LogP contribution >= 0.6 is 22.9 Å². The number of nitrogens with zero attached hydrogens (tertiary/aromatic N) is 2. The van der Waals surface area contributed by atoms with E-state index in [0.717, 1.165) is 26.2 Å². The molecule has 0 spiro atoms. The quantitative estimate of drug-likeness (QED) is 0.659. The number of fused-ring (bicyclic) bond motifs is 1. The molecule has 120 valence electrons. The molecule has 23 heavy (non-hydrogen) atoms. The van der Waals surface area contributed by atoms with Crippen LogP contribution in [0.2, 0.25) is 5.28 Å². The van der Waals surface area contributed by atoms with Gasteiger partial charge in [-0.05, 0) is 36.7 Å². The molecular weight excluding hydrogens is 356 g/mol. The van der Waals surface area contributed by atoms with Gasteiger partial charge in [0.1, 0.15) is 5.75 Å². The molecule has 0 bridgehead atoms. The van der Waals surface area contributed by atoms with Crippen LogP contribution < -0.4 is 4.74 Å². The number of benzene rings is 1. The van der Waals surface area contributed by atoms with E-state index in [9.17, 15) is 8.42 Å². The summed E-state index contributed by atoms with van der Waals surface area (Å²) in [6.45, 7) is 1.97. The van der Waals surface area contributed by atoms with Crippen molar-refractivity contribution < 1.29 is 13.2 Å². The number of ether oxygens (including phenoxy) is 1. The van der Waals surface area contributed by atoms with E-state index in [-0.39, 0.29) is 10.2 Å². The minimum Gasteiger partial charge on any atom is -0.496 e. The molecule has 0 fully saturated rings. The summed E-state index contributed by atoms with van der Waals surface area (Å²) in [6, 6.07) is 4.83. The van der Waals surface area contributed by atoms with Crippen LogP contribution in [0.15, 0.2) is 29.3 Å². The lowest BCUT2D eigenvalue weighted by Gasteiger charge is -2.10. The average Bonchev–Trinajstić information content (AvgIpc) is 2.80. The number of hydrogen-bond acceptors (Lipinski definition) is 6. The van der Waals surface area contributed by atoms with Crippen molar-refractivity contribution in [2.75, 3.05) is 13.4 Å². The molecule has 8 heteroatoms. The summed E-state index contributed by atoms with van der Waals surface area (Å²) in [7, 11) is -1.79. The molecule has 0 aliphatic carbocycles. The smallest absolute Gasteiger partial charge is 0.222 e. The molecule has 0 N–H and O–H groups in total. The molecule has 3 rings (SSSR count). The Morgan fingerprint density at radius 3 is 2.70 bits per heavy atom. The Balaban J connectivity index is 2.31. The maximum atomic E-state index is 11.7. The maximum Gasteiger partial charge on any atom is 0.222 e. The molecule has 2 heterocycles. The minimum atomic E-state index is -3.30. The maximum absolute atomic E-state index is 11.7. The molecule has 0 saturated carbocycles. The Labute approximate surface area is 142 Å². The third-order valence-electron chi connectivity index (χ3n) is 3.45. The van der Waals surface area contributed by atoms with Crippen LogP contribution in [-0.2, 0) is 9.84 Å². The van der Waals surface area contributed by atoms with Gasteiger partial charge in [-0.3, -0.25) is 0 Å². The first kappa shape index (κ1) is 16.2. The Hall–Kier alpha value is -1.70. The molecule has 0 saturated heterocycles. The van der Waals surface area contributed by atoms with Crippen molar-refractivity contribution in [3.63, 3.8) is 0 Å². The van der Waals surface area contributed by atoms with E-state index in [1.807, 2.05) is 6.92 Å². The molecule has 3 aromatic rings. The Bertz CT molecular complexity index is 1010. The predicted octanol–water partition coefficient (Wildman–Crippen LogP) is 3.73. The molecule has 5 nitrogen and oxygen atoms in total. The highest BCUT2D eigenvalue weighted by molar-refractivity contribution is 7.90. The SMILES string of the molecule is COc1cc(S(C)(=O)=O)ccc1-c1c(C)sc2cnc(Cl)nc12. The summed E-state index contributed by atoms with van der Waals surface area (Å²) in [4.78, 5) is 9.55. The molecule has 0 radical (unpaired) electrons.